The van der Waals surface area contributed by atoms with E-state index in [2.05, 4.69) is 26.5 Å². The number of hydrogen-bond donors (Lipinski definition) is 1. The van der Waals surface area contributed by atoms with Gasteiger partial charge >= 0.3 is 0 Å². The fourth-order valence-electron chi connectivity index (χ4n) is 3.38. The van der Waals surface area contributed by atoms with Crippen molar-refractivity contribution < 1.29 is 19.2 Å². The minimum Gasteiger partial charge on any atom is -0.496 e. The highest BCUT2D eigenvalue weighted by atomic mass is 79.9. The Morgan fingerprint density at radius 2 is 1.74 bits per heavy atom. The molecule has 4 rings (SSSR count). The van der Waals surface area contributed by atoms with Gasteiger partial charge in [0.15, 0.2) is 0 Å². The van der Waals surface area contributed by atoms with Gasteiger partial charge in [-0.15, -0.1) is 0 Å². The van der Waals surface area contributed by atoms with Gasteiger partial charge in [0.25, 0.3) is 11.6 Å². The maximum Gasteiger partial charge on any atom is 0.275 e. The van der Waals surface area contributed by atoms with Crippen molar-refractivity contribution in [1.82, 2.24) is 5.43 Å². The van der Waals surface area contributed by atoms with Crippen LogP contribution in [-0.2, 0) is 6.61 Å². The number of nitrogens with one attached hydrogen (secondary N) is 1. The van der Waals surface area contributed by atoms with Crippen molar-refractivity contribution in [3.05, 3.63) is 110 Å². The second-order valence-corrected chi connectivity index (χ2v) is 8.36. The SMILES string of the molecule is COc1cc2ccccc2cc1C(=O)N/N=C\c1ccc(OCc2ccc([N+](=O)[O-])cc2)c(Br)c1. The van der Waals surface area contributed by atoms with Crippen molar-refractivity contribution in [2.75, 3.05) is 7.11 Å². The third kappa shape index (κ3) is 5.82. The number of nitro groups is 1. The first-order valence-electron chi connectivity index (χ1n) is 10.5. The molecule has 0 bridgehead atoms. The molecule has 0 unspecified atom stereocenters. The van der Waals surface area contributed by atoms with E-state index in [1.54, 1.807) is 36.4 Å². The number of carbonyl (C=O) groups is 1. The zero-order valence-corrected chi connectivity index (χ0v) is 20.2. The molecule has 35 heavy (non-hydrogen) atoms. The summed E-state index contributed by atoms with van der Waals surface area (Å²) in [5.41, 5.74) is 4.50. The number of hydrogen-bond acceptors (Lipinski definition) is 6. The van der Waals surface area contributed by atoms with E-state index in [4.69, 9.17) is 9.47 Å². The first-order chi connectivity index (χ1) is 16.9. The molecule has 8 nitrogen and oxygen atoms in total. The Morgan fingerprint density at radius 1 is 1.03 bits per heavy atom. The molecular formula is C26H20BrN3O5. The molecule has 0 spiro atoms. The van der Waals surface area contributed by atoms with Gasteiger partial charge in [0.1, 0.15) is 18.1 Å². The lowest BCUT2D eigenvalue weighted by atomic mass is 10.1. The van der Waals surface area contributed by atoms with Crippen LogP contribution >= 0.6 is 15.9 Å². The normalized spacial score (nSPS) is 10.9. The number of non-ortho nitro benzene ring substituents is 1. The number of amides is 1. The summed E-state index contributed by atoms with van der Waals surface area (Å²) >= 11 is 3.47. The molecule has 1 amide bonds. The number of nitro benzene ring substituents is 1. The highest BCUT2D eigenvalue weighted by molar-refractivity contribution is 9.10. The number of ether oxygens (including phenoxy) is 2. The van der Waals surface area contributed by atoms with Crippen molar-refractivity contribution in [3.8, 4) is 11.5 Å². The summed E-state index contributed by atoms with van der Waals surface area (Å²) < 4.78 is 11.9. The number of nitrogens with zero attached hydrogens (tertiary/aromatic N) is 2. The quantitative estimate of drug-likeness (QED) is 0.173. The van der Waals surface area contributed by atoms with Crippen LogP contribution in [0.25, 0.3) is 10.8 Å². The minimum atomic E-state index is -0.442. The van der Waals surface area contributed by atoms with Crippen LogP contribution in [0, 0.1) is 10.1 Å². The number of rotatable bonds is 8. The maximum atomic E-state index is 12.7. The summed E-state index contributed by atoms with van der Waals surface area (Å²) in [4.78, 5) is 23.0. The first-order valence-corrected chi connectivity index (χ1v) is 11.3. The van der Waals surface area contributed by atoms with E-state index in [0.717, 1.165) is 21.9 Å². The fourth-order valence-corrected chi connectivity index (χ4v) is 3.89. The van der Waals surface area contributed by atoms with Gasteiger partial charge in [0.2, 0.25) is 0 Å². The summed E-state index contributed by atoms with van der Waals surface area (Å²) in [6.07, 6.45) is 1.52. The molecule has 0 atom stereocenters. The Bertz CT molecular complexity index is 1420. The highest BCUT2D eigenvalue weighted by Crippen LogP contribution is 2.27. The monoisotopic (exact) mass is 533 g/mol. The van der Waals surface area contributed by atoms with Crippen LogP contribution in [-0.4, -0.2) is 24.2 Å². The Morgan fingerprint density at radius 3 is 2.40 bits per heavy atom. The molecule has 4 aromatic rings. The average Bonchev–Trinajstić information content (AvgIpc) is 2.87. The first kappa shape index (κ1) is 23.9. The number of methoxy groups -OCH3 is 1. The lowest BCUT2D eigenvalue weighted by Crippen LogP contribution is -2.18. The number of hydrazone groups is 1. The van der Waals surface area contributed by atoms with E-state index >= 15 is 0 Å². The summed E-state index contributed by atoms with van der Waals surface area (Å²) in [5, 5.41) is 16.7. The minimum absolute atomic E-state index is 0.0321. The molecule has 0 fully saturated rings. The molecule has 4 aromatic carbocycles. The summed E-state index contributed by atoms with van der Waals surface area (Å²) in [6.45, 7) is 0.258. The van der Waals surface area contributed by atoms with Crippen LogP contribution in [0.15, 0.2) is 88.4 Å². The van der Waals surface area contributed by atoms with E-state index in [1.807, 2.05) is 30.3 Å². The van der Waals surface area contributed by atoms with Crippen LogP contribution in [0.3, 0.4) is 0 Å². The van der Waals surface area contributed by atoms with Gasteiger partial charge in [-0.2, -0.15) is 5.10 Å². The second-order valence-electron chi connectivity index (χ2n) is 7.50. The lowest BCUT2D eigenvalue weighted by Gasteiger charge is -2.10. The van der Waals surface area contributed by atoms with E-state index in [-0.39, 0.29) is 18.2 Å². The summed E-state index contributed by atoms with van der Waals surface area (Å²) in [6, 6.07) is 22.9. The largest absolute Gasteiger partial charge is 0.496 e. The second kappa shape index (κ2) is 10.8. The van der Waals surface area contributed by atoms with Crippen molar-refractivity contribution >= 4 is 44.5 Å². The standard InChI is InChI=1S/C26H20BrN3O5/c1-34-25-14-20-5-3-2-4-19(20)13-22(25)26(31)29-28-15-18-8-11-24(23(27)12-18)35-16-17-6-9-21(10-7-17)30(32)33/h2-15H,16H2,1H3,(H,29,31)/b28-15-. The van der Waals surface area contributed by atoms with Crippen LogP contribution in [0.5, 0.6) is 11.5 Å². The number of halogens is 1. The van der Waals surface area contributed by atoms with Crippen LogP contribution in [0.2, 0.25) is 0 Å². The van der Waals surface area contributed by atoms with E-state index in [9.17, 15) is 14.9 Å². The Hall–Kier alpha value is -4.24. The van der Waals surface area contributed by atoms with Crippen molar-refractivity contribution in [2.45, 2.75) is 6.61 Å². The maximum absolute atomic E-state index is 12.7. The number of fused-ring (bicyclic) bond motifs is 1. The molecule has 0 heterocycles. The molecule has 0 saturated carbocycles. The summed E-state index contributed by atoms with van der Waals surface area (Å²) in [7, 11) is 1.52. The van der Waals surface area contributed by atoms with Crippen LogP contribution in [0.1, 0.15) is 21.5 Å². The fraction of sp³-hybridized carbons (Fsp3) is 0.0769. The third-order valence-corrected chi connectivity index (χ3v) is 5.81. The van der Waals surface area contributed by atoms with Crippen molar-refractivity contribution in [2.24, 2.45) is 5.10 Å². The Balaban J connectivity index is 1.39. The average molecular weight is 534 g/mol. The zero-order chi connectivity index (χ0) is 24.8. The van der Waals surface area contributed by atoms with Gasteiger partial charge in [-0.1, -0.05) is 24.3 Å². The van der Waals surface area contributed by atoms with Gasteiger partial charge in [-0.05, 0) is 80.3 Å². The predicted octanol–water partition coefficient (Wildman–Crippen LogP) is 5.86. The molecule has 0 aliphatic carbocycles. The molecule has 0 saturated heterocycles. The Labute approximate surface area is 209 Å². The Kier molecular flexibility index (Phi) is 7.37. The van der Waals surface area contributed by atoms with Gasteiger partial charge in [0, 0.05) is 12.1 Å². The van der Waals surface area contributed by atoms with Gasteiger partial charge < -0.3 is 9.47 Å². The molecule has 0 radical (unpaired) electrons. The van der Waals surface area contributed by atoms with Crippen LogP contribution < -0.4 is 14.9 Å². The predicted molar refractivity (Wildman–Crippen MR) is 137 cm³/mol. The van der Waals surface area contributed by atoms with E-state index < -0.39 is 4.92 Å². The van der Waals surface area contributed by atoms with Crippen molar-refractivity contribution in [3.63, 3.8) is 0 Å². The topological polar surface area (TPSA) is 103 Å². The van der Waals surface area contributed by atoms with Gasteiger partial charge in [-0.25, -0.2) is 5.43 Å². The molecule has 1 N–H and O–H groups in total. The smallest absolute Gasteiger partial charge is 0.275 e. The molecule has 9 heteroatoms. The van der Waals surface area contributed by atoms with Crippen LogP contribution in [0.4, 0.5) is 5.69 Å². The molecule has 0 aromatic heterocycles. The number of carbonyl (C=O) groups excluding carboxylic acids is 1. The lowest BCUT2D eigenvalue weighted by molar-refractivity contribution is -0.384. The van der Waals surface area contributed by atoms with Gasteiger partial charge in [-0.3, -0.25) is 14.9 Å². The third-order valence-electron chi connectivity index (χ3n) is 5.19. The molecule has 0 aliphatic heterocycles. The van der Waals surface area contributed by atoms with Crippen molar-refractivity contribution in [1.29, 1.82) is 0 Å². The summed E-state index contributed by atoms with van der Waals surface area (Å²) in [5.74, 6) is 0.685. The number of benzene rings is 4. The van der Waals surface area contributed by atoms with E-state index in [0.29, 0.717) is 21.5 Å². The molecular weight excluding hydrogens is 514 g/mol. The van der Waals surface area contributed by atoms with E-state index in [1.165, 1.54) is 25.5 Å². The van der Waals surface area contributed by atoms with Gasteiger partial charge in [0.05, 0.1) is 28.3 Å². The molecule has 176 valence electrons. The molecule has 0 aliphatic rings. The zero-order valence-electron chi connectivity index (χ0n) is 18.6. The highest BCUT2D eigenvalue weighted by Gasteiger charge is 2.13.